The number of halogens is 1. The van der Waals surface area contributed by atoms with Gasteiger partial charge in [0.15, 0.2) is 0 Å². The van der Waals surface area contributed by atoms with Gasteiger partial charge in [-0.2, -0.15) is 0 Å². The maximum absolute atomic E-state index is 9.74. The number of nitrogens with zero attached hydrogens (tertiary/aromatic N) is 2. The number of quaternary nitrogens is 2. The topological polar surface area (TPSA) is 23.1 Å². The van der Waals surface area contributed by atoms with Crippen LogP contribution in [0.5, 0.6) is 0 Å². The van der Waals surface area contributed by atoms with Gasteiger partial charge in [0.25, 0.3) is 0 Å². The van der Waals surface area contributed by atoms with E-state index in [2.05, 4.69) is 69.5 Å². The standard InChI is InChI=1S/2C25H54N.C5H11O.ClH/c2*1-5-8-11-14-17-20-23-26(4,24-21-18-15-12-9-6-2)25-22-19-16-13-10-7-3;1-5(2)3-4-6;/h2*5-25H2,1-4H3;5H,3-4H2,1-2H3;1H/q2*+1;-1;/p-1. The molecule has 0 bridgehead atoms. The van der Waals surface area contributed by atoms with Crippen LogP contribution in [0.3, 0.4) is 0 Å². The zero-order valence-corrected chi connectivity index (χ0v) is 44.1. The van der Waals surface area contributed by atoms with Gasteiger partial charge in [0, 0.05) is 0 Å². The molecule has 3 nitrogen and oxygen atoms in total. The fraction of sp³-hybridized carbons (Fsp3) is 1.00. The largest absolute Gasteiger partial charge is 1.00 e. The molecular weight excluding hydrogens is 740 g/mol. The van der Waals surface area contributed by atoms with Crippen molar-refractivity contribution >= 4 is 0 Å². The summed E-state index contributed by atoms with van der Waals surface area (Å²) >= 11 is 0. The van der Waals surface area contributed by atoms with E-state index in [-0.39, 0.29) is 19.0 Å². The zero-order valence-electron chi connectivity index (χ0n) is 43.4. The van der Waals surface area contributed by atoms with Crippen LogP contribution >= 0.6 is 0 Å². The third kappa shape index (κ3) is 56.2. The van der Waals surface area contributed by atoms with Crippen molar-refractivity contribution in [2.24, 2.45) is 5.92 Å². The summed E-state index contributed by atoms with van der Waals surface area (Å²) in [6, 6.07) is 0. The average Bonchev–Trinajstić information content (AvgIpc) is 3.20. The monoisotopic (exact) mass is 859 g/mol. The van der Waals surface area contributed by atoms with Gasteiger partial charge in [-0.15, -0.1) is 6.61 Å². The highest BCUT2D eigenvalue weighted by Gasteiger charge is 2.21. The molecule has 0 aliphatic carbocycles. The highest BCUT2D eigenvalue weighted by atomic mass is 35.5. The summed E-state index contributed by atoms with van der Waals surface area (Å²) in [6.45, 7) is 26.6. The Morgan fingerprint density at radius 3 is 0.559 bits per heavy atom. The molecule has 0 saturated heterocycles. The molecular formula is C55H119ClN2O. The highest BCUT2D eigenvalue weighted by Crippen LogP contribution is 2.18. The Labute approximate surface area is 383 Å². The molecule has 0 spiro atoms. The van der Waals surface area contributed by atoms with Crippen molar-refractivity contribution in [2.45, 2.75) is 293 Å². The summed E-state index contributed by atoms with van der Waals surface area (Å²) < 4.78 is 2.71. The lowest BCUT2D eigenvalue weighted by Crippen LogP contribution is -3.00. The first-order chi connectivity index (χ1) is 28.1. The van der Waals surface area contributed by atoms with E-state index >= 15 is 0 Å². The van der Waals surface area contributed by atoms with E-state index in [0.717, 1.165) is 6.42 Å². The van der Waals surface area contributed by atoms with E-state index in [1.165, 1.54) is 279 Å². The second-order valence-corrected chi connectivity index (χ2v) is 20.1. The van der Waals surface area contributed by atoms with Crippen LogP contribution in [-0.4, -0.2) is 68.9 Å². The van der Waals surface area contributed by atoms with Gasteiger partial charge in [0.1, 0.15) is 0 Å². The van der Waals surface area contributed by atoms with E-state index in [1.807, 2.05) is 0 Å². The molecule has 0 aromatic heterocycles. The van der Waals surface area contributed by atoms with Gasteiger partial charge in [-0.1, -0.05) is 216 Å². The predicted octanol–water partition coefficient (Wildman–Crippen LogP) is 14.4. The molecule has 59 heavy (non-hydrogen) atoms. The van der Waals surface area contributed by atoms with Crippen molar-refractivity contribution in [3.63, 3.8) is 0 Å². The third-order valence-corrected chi connectivity index (χ3v) is 13.0. The molecule has 0 unspecified atom stereocenters. The van der Waals surface area contributed by atoms with Crippen molar-refractivity contribution in [1.82, 2.24) is 0 Å². The highest BCUT2D eigenvalue weighted by molar-refractivity contribution is 4.53. The average molecular weight is 860 g/mol. The molecule has 0 aliphatic rings. The van der Waals surface area contributed by atoms with Gasteiger partial charge in [0.05, 0.1) is 53.4 Å². The Morgan fingerprint density at radius 1 is 0.288 bits per heavy atom. The first kappa shape index (κ1) is 65.8. The van der Waals surface area contributed by atoms with Crippen molar-refractivity contribution in [3.05, 3.63) is 0 Å². The smallest absolute Gasteiger partial charge is 0.0784 e. The molecule has 0 saturated carbocycles. The molecule has 0 amide bonds. The van der Waals surface area contributed by atoms with Gasteiger partial charge in [0.2, 0.25) is 0 Å². The molecule has 0 radical (unpaired) electrons. The first-order valence-electron chi connectivity index (χ1n) is 27.4. The van der Waals surface area contributed by atoms with Crippen molar-refractivity contribution in [2.75, 3.05) is 60.0 Å². The van der Waals surface area contributed by atoms with Crippen molar-refractivity contribution < 1.29 is 26.5 Å². The number of hydrogen-bond donors (Lipinski definition) is 0. The Hall–Kier alpha value is 0.170. The summed E-state index contributed by atoms with van der Waals surface area (Å²) in [6.07, 6.45) is 52.5. The molecule has 0 aromatic rings. The number of rotatable bonds is 44. The maximum atomic E-state index is 9.74. The maximum Gasteiger partial charge on any atom is 0.0784 e. The normalized spacial score (nSPS) is 11.6. The lowest BCUT2D eigenvalue weighted by molar-refractivity contribution is -0.910. The summed E-state index contributed by atoms with van der Waals surface area (Å²) in [5, 5.41) is 9.74. The zero-order chi connectivity index (χ0) is 43.7. The summed E-state index contributed by atoms with van der Waals surface area (Å²) in [7, 11) is 5.12. The number of hydrogen-bond acceptors (Lipinski definition) is 1. The number of unbranched alkanes of at least 4 members (excludes halogenated alkanes) is 30. The lowest BCUT2D eigenvalue weighted by Gasteiger charge is -2.35. The molecule has 0 atom stereocenters. The quantitative estimate of drug-likeness (QED) is 0.0442. The first-order valence-corrected chi connectivity index (χ1v) is 27.4. The van der Waals surface area contributed by atoms with Gasteiger partial charge in [-0.3, -0.25) is 0 Å². The fourth-order valence-electron chi connectivity index (χ4n) is 8.55. The molecule has 0 rings (SSSR count). The van der Waals surface area contributed by atoms with Crippen molar-refractivity contribution in [1.29, 1.82) is 0 Å². The minimum absolute atomic E-state index is 0. The van der Waals surface area contributed by atoms with Crippen LogP contribution < -0.4 is 17.5 Å². The Balaban J connectivity index is -0.000000443. The molecule has 0 aliphatic heterocycles. The third-order valence-electron chi connectivity index (χ3n) is 13.0. The van der Waals surface area contributed by atoms with E-state index in [9.17, 15) is 5.11 Å². The SMILES string of the molecule is CC(C)CC[O-].CCCCCCCC[N+](C)(CCCCCCCC)CCCCCCCC.CCCCCCCC[N+](C)(CCCCCCCC)CCCCCCCC.[Cl-]. The van der Waals surface area contributed by atoms with E-state index in [0.29, 0.717) is 5.92 Å². The van der Waals surface area contributed by atoms with Crippen molar-refractivity contribution in [3.8, 4) is 0 Å². The second kappa shape index (κ2) is 54.3. The Morgan fingerprint density at radius 2 is 0.441 bits per heavy atom. The fourth-order valence-corrected chi connectivity index (χ4v) is 8.55. The second-order valence-electron chi connectivity index (χ2n) is 20.1. The van der Waals surface area contributed by atoms with E-state index < -0.39 is 0 Å². The van der Waals surface area contributed by atoms with E-state index in [1.54, 1.807) is 0 Å². The molecule has 0 heterocycles. The van der Waals surface area contributed by atoms with Gasteiger partial charge < -0.3 is 26.5 Å². The molecule has 0 N–H and O–H groups in total. The van der Waals surface area contributed by atoms with Crippen LogP contribution in [0, 0.1) is 5.92 Å². The molecule has 4 heteroatoms. The summed E-state index contributed by atoms with van der Waals surface area (Å²) in [5.41, 5.74) is 0. The predicted molar refractivity (Wildman–Crippen MR) is 266 cm³/mol. The Kier molecular flexibility index (Phi) is 60.5. The van der Waals surface area contributed by atoms with Crippen LogP contribution in [0.4, 0.5) is 0 Å². The summed E-state index contributed by atoms with van der Waals surface area (Å²) in [4.78, 5) is 0. The molecule has 0 fully saturated rings. The van der Waals surface area contributed by atoms with Crippen LogP contribution in [0.1, 0.15) is 293 Å². The van der Waals surface area contributed by atoms with E-state index in [4.69, 9.17) is 0 Å². The minimum atomic E-state index is 0. The Bertz CT molecular complexity index is 580. The van der Waals surface area contributed by atoms with Crippen LogP contribution in [0.25, 0.3) is 0 Å². The molecule has 0 aromatic carbocycles. The molecule has 362 valence electrons. The van der Waals surface area contributed by atoms with Gasteiger partial charge in [-0.25, -0.2) is 0 Å². The van der Waals surface area contributed by atoms with Gasteiger partial charge in [-0.05, 0) is 83.0 Å². The van der Waals surface area contributed by atoms with Gasteiger partial charge >= 0.3 is 0 Å². The minimum Gasteiger partial charge on any atom is -1.00 e. The summed E-state index contributed by atoms with van der Waals surface area (Å²) in [5.74, 6) is 0.586. The van der Waals surface area contributed by atoms with Crippen LogP contribution in [0.15, 0.2) is 0 Å². The lowest BCUT2D eigenvalue weighted by atomic mass is 10.1. The van der Waals surface area contributed by atoms with Crippen LogP contribution in [-0.2, 0) is 0 Å². The van der Waals surface area contributed by atoms with Crippen LogP contribution in [0.2, 0.25) is 0 Å².